The predicted octanol–water partition coefficient (Wildman–Crippen LogP) is 1.70. The summed E-state index contributed by atoms with van der Waals surface area (Å²) in [7, 11) is 0. The van der Waals surface area contributed by atoms with Crippen molar-refractivity contribution >= 4 is 23.6 Å². The first kappa shape index (κ1) is 15.3. The molecule has 1 fully saturated rings. The van der Waals surface area contributed by atoms with Gasteiger partial charge in [-0.15, -0.1) is 5.06 Å². The number of carbonyl (C=O) groups excluding carboxylic acids is 2. The fourth-order valence-electron chi connectivity index (χ4n) is 1.51. The molecule has 1 aliphatic rings. The van der Waals surface area contributed by atoms with Gasteiger partial charge in [0.15, 0.2) is 6.23 Å². The minimum Gasteiger partial charge on any atom is -0.370 e. The molecule has 104 valence electrons. The van der Waals surface area contributed by atoms with Crippen molar-refractivity contribution in [1.82, 2.24) is 5.06 Å². The lowest BCUT2D eigenvalue weighted by molar-refractivity contribution is -0.220. The molecule has 5 nitrogen and oxygen atoms in total. The van der Waals surface area contributed by atoms with E-state index in [0.717, 1.165) is 10.8 Å². The molecule has 0 aliphatic carbocycles. The van der Waals surface area contributed by atoms with Crippen LogP contribution in [0.15, 0.2) is 0 Å². The lowest BCUT2D eigenvalue weighted by Gasteiger charge is -2.19. The largest absolute Gasteiger partial charge is 0.370 e. The van der Waals surface area contributed by atoms with Crippen molar-refractivity contribution in [3.63, 3.8) is 0 Å². The summed E-state index contributed by atoms with van der Waals surface area (Å²) in [4.78, 5) is 27.6. The molecule has 1 rings (SSSR count). The van der Waals surface area contributed by atoms with E-state index in [1.807, 2.05) is 0 Å². The van der Waals surface area contributed by atoms with E-state index < -0.39 is 12.2 Å². The number of hydroxylamine groups is 2. The number of hydrogen-bond acceptors (Lipinski definition) is 5. The van der Waals surface area contributed by atoms with Crippen molar-refractivity contribution < 1.29 is 19.5 Å². The molecule has 0 bridgehead atoms. The molecule has 18 heavy (non-hydrogen) atoms. The average Bonchev–Trinajstić information content (AvgIpc) is 2.55. The van der Waals surface area contributed by atoms with Crippen LogP contribution in [0, 0.1) is 0 Å². The van der Waals surface area contributed by atoms with Gasteiger partial charge in [-0.3, -0.25) is 4.79 Å². The molecule has 0 aromatic carbocycles. The minimum absolute atomic E-state index is 0.186. The van der Waals surface area contributed by atoms with Gasteiger partial charge in [-0.1, -0.05) is 20.8 Å². The smallest absolute Gasteiger partial charge is 0.332 e. The van der Waals surface area contributed by atoms with E-state index in [4.69, 9.17) is 4.84 Å². The molecule has 0 saturated carbocycles. The second kappa shape index (κ2) is 6.43. The highest BCUT2D eigenvalue weighted by molar-refractivity contribution is 8.00. The summed E-state index contributed by atoms with van der Waals surface area (Å²) in [6.07, 6.45) is 0.545. The van der Waals surface area contributed by atoms with Crippen molar-refractivity contribution in [2.45, 2.75) is 57.4 Å². The summed E-state index contributed by atoms with van der Waals surface area (Å²) < 4.78 is 0.186. The lowest BCUT2D eigenvalue weighted by atomic mass is 10.3. The van der Waals surface area contributed by atoms with Gasteiger partial charge in [-0.05, 0) is 12.2 Å². The maximum Gasteiger partial charge on any atom is 0.332 e. The number of rotatable bonds is 5. The molecular formula is C12H21NO4S. The standard InChI is InChI=1S/C12H21NO4S/c1-12(2,3)18-8-4-5-11(16)17-13-9(14)6-7-10(13)15/h9,14H,4-8H2,1-3H3. The average molecular weight is 275 g/mol. The fraction of sp³-hybridized carbons (Fsp3) is 0.833. The number of hydrogen-bond donors (Lipinski definition) is 1. The van der Waals surface area contributed by atoms with Gasteiger partial charge >= 0.3 is 5.97 Å². The van der Waals surface area contributed by atoms with Gasteiger partial charge in [0.1, 0.15) is 0 Å². The normalized spacial score (nSPS) is 20.3. The summed E-state index contributed by atoms with van der Waals surface area (Å²) >= 11 is 1.78. The number of amides is 1. The molecule has 0 radical (unpaired) electrons. The highest BCUT2D eigenvalue weighted by atomic mass is 32.2. The van der Waals surface area contributed by atoms with Gasteiger partial charge in [0.25, 0.3) is 5.91 Å². The Morgan fingerprint density at radius 2 is 2.22 bits per heavy atom. The van der Waals surface area contributed by atoms with Crippen molar-refractivity contribution in [2.75, 3.05) is 5.75 Å². The van der Waals surface area contributed by atoms with Crippen LogP contribution in [0.1, 0.15) is 46.5 Å². The molecule has 0 aromatic heterocycles. The third kappa shape index (κ3) is 5.27. The predicted molar refractivity (Wildman–Crippen MR) is 69.6 cm³/mol. The van der Waals surface area contributed by atoms with Crippen LogP contribution < -0.4 is 0 Å². The Balaban J connectivity index is 2.20. The van der Waals surface area contributed by atoms with E-state index in [1.54, 1.807) is 11.8 Å². The maximum absolute atomic E-state index is 11.5. The number of nitrogens with zero attached hydrogens (tertiary/aromatic N) is 1. The molecule has 6 heteroatoms. The molecule has 1 amide bonds. The van der Waals surface area contributed by atoms with E-state index in [2.05, 4.69) is 20.8 Å². The van der Waals surface area contributed by atoms with E-state index in [0.29, 0.717) is 12.8 Å². The first-order chi connectivity index (χ1) is 8.29. The summed E-state index contributed by atoms with van der Waals surface area (Å²) in [6.45, 7) is 6.36. The van der Waals surface area contributed by atoms with Crippen LogP contribution in [-0.2, 0) is 14.4 Å². The molecule has 1 saturated heterocycles. The van der Waals surface area contributed by atoms with Crippen molar-refractivity contribution in [2.24, 2.45) is 0 Å². The Bertz CT molecular complexity index is 314. The summed E-state index contributed by atoms with van der Waals surface area (Å²) in [6, 6.07) is 0. The van der Waals surface area contributed by atoms with E-state index in [-0.39, 0.29) is 23.5 Å². The van der Waals surface area contributed by atoms with Gasteiger partial charge in [0, 0.05) is 24.0 Å². The topological polar surface area (TPSA) is 66.8 Å². The van der Waals surface area contributed by atoms with Crippen molar-refractivity contribution in [3.05, 3.63) is 0 Å². The molecule has 1 unspecified atom stereocenters. The molecule has 1 aliphatic heterocycles. The van der Waals surface area contributed by atoms with E-state index in [9.17, 15) is 14.7 Å². The number of aliphatic hydroxyl groups is 1. The number of carbonyl (C=O) groups is 2. The molecular weight excluding hydrogens is 254 g/mol. The Kier molecular flexibility index (Phi) is 5.47. The van der Waals surface area contributed by atoms with Crippen LogP contribution in [-0.4, -0.2) is 38.8 Å². The summed E-state index contributed by atoms with van der Waals surface area (Å²) in [5, 5.41) is 10.2. The Labute approximate surface area is 112 Å². The second-order valence-electron chi connectivity index (χ2n) is 5.27. The van der Waals surface area contributed by atoms with Gasteiger partial charge in [-0.25, -0.2) is 4.79 Å². The summed E-state index contributed by atoms with van der Waals surface area (Å²) in [5.41, 5.74) is 0. The number of aliphatic hydroxyl groups excluding tert-OH is 1. The van der Waals surface area contributed by atoms with Gasteiger partial charge in [0.05, 0.1) is 0 Å². The molecule has 0 spiro atoms. The zero-order valence-corrected chi connectivity index (χ0v) is 12.0. The maximum atomic E-state index is 11.5. The fourth-order valence-corrected chi connectivity index (χ4v) is 2.41. The highest BCUT2D eigenvalue weighted by Crippen LogP contribution is 2.24. The van der Waals surface area contributed by atoms with Crippen molar-refractivity contribution in [3.8, 4) is 0 Å². The van der Waals surface area contributed by atoms with Crippen LogP contribution in [0.2, 0.25) is 0 Å². The lowest BCUT2D eigenvalue weighted by Crippen LogP contribution is -2.35. The monoisotopic (exact) mass is 275 g/mol. The Morgan fingerprint density at radius 1 is 1.56 bits per heavy atom. The highest BCUT2D eigenvalue weighted by Gasteiger charge is 2.32. The Hall–Kier alpha value is -0.750. The van der Waals surface area contributed by atoms with Crippen LogP contribution >= 0.6 is 11.8 Å². The van der Waals surface area contributed by atoms with E-state index >= 15 is 0 Å². The SMILES string of the molecule is CC(C)(C)SCCCC(=O)ON1C(=O)CCC1O. The first-order valence-corrected chi connectivity index (χ1v) is 7.13. The molecule has 1 atom stereocenters. The minimum atomic E-state index is -0.981. The van der Waals surface area contributed by atoms with Crippen LogP contribution in [0.25, 0.3) is 0 Å². The Morgan fingerprint density at radius 3 is 2.72 bits per heavy atom. The van der Waals surface area contributed by atoms with Gasteiger partial charge in [-0.2, -0.15) is 11.8 Å². The number of thioether (sulfide) groups is 1. The van der Waals surface area contributed by atoms with Gasteiger partial charge in [0.2, 0.25) is 0 Å². The molecule has 1 N–H and O–H groups in total. The summed E-state index contributed by atoms with van der Waals surface area (Å²) in [5.74, 6) is 0.0773. The molecule has 1 heterocycles. The third-order valence-electron chi connectivity index (χ3n) is 2.39. The second-order valence-corrected chi connectivity index (χ2v) is 7.19. The van der Waals surface area contributed by atoms with Crippen LogP contribution in [0.4, 0.5) is 0 Å². The van der Waals surface area contributed by atoms with Crippen LogP contribution in [0.5, 0.6) is 0 Å². The zero-order valence-electron chi connectivity index (χ0n) is 11.1. The molecule has 0 aromatic rings. The quantitative estimate of drug-likeness (QED) is 0.773. The third-order valence-corrected chi connectivity index (χ3v) is 3.75. The van der Waals surface area contributed by atoms with Gasteiger partial charge < -0.3 is 9.94 Å². The zero-order chi connectivity index (χ0) is 13.8. The van der Waals surface area contributed by atoms with E-state index in [1.165, 1.54) is 0 Å². The van der Waals surface area contributed by atoms with Crippen LogP contribution in [0.3, 0.4) is 0 Å². The first-order valence-electron chi connectivity index (χ1n) is 6.14. The van der Waals surface area contributed by atoms with Crippen molar-refractivity contribution in [1.29, 1.82) is 0 Å².